The third-order valence-corrected chi connectivity index (χ3v) is 5.41. The normalized spacial score (nSPS) is 12.8. The molecule has 0 heterocycles. The van der Waals surface area contributed by atoms with Gasteiger partial charge in [-0.15, -0.1) is 24.0 Å². The van der Waals surface area contributed by atoms with Gasteiger partial charge in [0.15, 0.2) is 5.96 Å². The predicted molar refractivity (Wildman–Crippen MR) is 126 cm³/mol. The van der Waals surface area contributed by atoms with E-state index in [1.807, 2.05) is 49.4 Å². The Balaban J connectivity index is 0.00000392. The Bertz CT molecular complexity index is 858. The molecule has 8 heteroatoms. The van der Waals surface area contributed by atoms with Crippen LogP contribution in [0.2, 0.25) is 0 Å². The zero-order valence-electron chi connectivity index (χ0n) is 16.5. The maximum atomic E-state index is 11.7. The van der Waals surface area contributed by atoms with Crippen molar-refractivity contribution in [2.75, 3.05) is 13.6 Å². The van der Waals surface area contributed by atoms with Crippen molar-refractivity contribution in [2.45, 2.75) is 32.2 Å². The number of nitrogens with one attached hydrogen (secondary N) is 3. The van der Waals surface area contributed by atoms with Gasteiger partial charge in [0.25, 0.3) is 0 Å². The summed E-state index contributed by atoms with van der Waals surface area (Å²) in [6.45, 7) is 5.33. The summed E-state index contributed by atoms with van der Waals surface area (Å²) < 4.78 is 25.8. The molecule has 0 bridgehead atoms. The predicted octanol–water partition coefficient (Wildman–Crippen LogP) is 3.17. The summed E-state index contributed by atoms with van der Waals surface area (Å²) in [5.74, 6) is 0.687. The number of aliphatic imine (C=N–C) groups is 1. The molecule has 28 heavy (non-hydrogen) atoms. The first-order valence-corrected chi connectivity index (χ1v) is 10.7. The molecular formula is C20H29IN4O2S. The molecule has 2 aromatic carbocycles. The molecule has 0 saturated heterocycles. The van der Waals surface area contributed by atoms with Crippen LogP contribution in [0.5, 0.6) is 0 Å². The first kappa shape index (κ1) is 24.4. The van der Waals surface area contributed by atoms with Crippen LogP contribution in [-0.2, 0) is 22.3 Å². The van der Waals surface area contributed by atoms with Gasteiger partial charge in [0.05, 0.1) is 18.3 Å². The van der Waals surface area contributed by atoms with E-state index in [1.54, 1.807) is 0 Å². The number of rotatable bonds is 8. The zero-order chi connectivity index (χ0) is 19.7. The lowest BCUT2D eigenvalue weighted by atomic mass is 10.1. The summed E-state index contributed by atoms with van der Waals surface area (Å²) in [5, 5.41) is 6.65. The molecule has 154 valence electrons. The molecule has 0 saturated carbocycles. The number of hydrogen-bond donors (Lipinski definition) is 3. The van der Waals surface area contributed by atoms with Crippen molar-refractivity contribution < 1.29 is 8.42 Å². The smallest absolute Gasteiger partial charge is 0.215 e. The van der Waals surface area contributed by atoms with Crippen molar-refractivity contribution in [3.63, 3.8) is 0 Å². The Kier molecular flexibility index (Phi) is 10.5. The van der Waals surface area contributed by atoms with Crippen molar-refractivity contribution in [3.8, 4) is 0 Å². The molecule has 0 aromatic heterocycles. The Morgan fingerprint density at radius 3 is 2.39 bits per heavy atom. The van der Waals surface area contributed by atoms with E-state index in [0.717, 1.165) is 23.6 Å². The molecule has 0 aliphatic carbocycles. The third kappa shape index (κ3) is 8.15. The molecular weight excluding hydrogens is 487 g/mol. The maximum absolute atomic E-state index is 11.7. The average Bonchev–Trinajstić information content (AvgIpc) is 2.67. The lowest BCUT2D eigenvalue weighted by molar-refractivity contribution is 0.587. The third-order valence-electron chi connectivity index (χ3n) is 4.08. The minimum atomic E-state index is -3.29. The van der Waals surface area contributed by atoms with Crippen molar-refractivity contribution >= 4 is 40.0 Å². The molecule has 0 aliphatic rings. The van der Waals surface area contributed by atoms with Gasteiger partial charge in [-0.3, -0.25) is 0 Å². The fraction of sp³-hybridized carbons (Fsp3) is 0.350. The van der Waals surface area contributed by atoms with Crippen molar-refractivity contribution in [2.24, 2.45) is 4.99 Å². The minimum Gasteiger partial charge on any atom is -0.357 e. The van der Waals surface area contributed by atoms with Gasteiger partial charge >= 0.3 is 0 Å². The number of halogens is 1. The largest absolute Gasteiger partial charge is 0.357 e. The summed E-state index contributed by atoms with van der Waals surface area (Å²) in [6, 6.07) is 17.8. The summed E-state index contributed by atoms with van der Waals surface area (Å²) in [6.07, 6.45) is 0. The van der Waals surface area contributed by atoms with Crippen molar-refractivity contribution in [1.82, 2.24) is 15.4 Å². The molecule has 0 radical (unpaired) electrons. The molecule has 0 spiro atoms. The monoisotopic (exact) mass is 516 g/mol. The van der Waals surface area contributed by atoms with Crippen LogP contribution >= 0.6 is 24.0 Å². The Hall–Kier alpha value is -1.65. The van der Waals surface area contributed by atoms with E-state index in [2.05, 4.69) is 39.4 Å². The number of guanidine groups is 1. The van der Waals surface area contributed by atoms with E-state index < -0.39 is 10.0 Å². The minimum absolute atomic E-state index is 0. The van der Waals surface area contributed by atoms with Crippen LogP contribution in [0, 0.1) is 0 Å². The Labute approximate surface area is 185 Å². The highest BCUT2D eigenvalue weighted by Crippen LogP contribution is 2.12. The van der Waals surface area contributed by atoms with E-state index >= 15 is 0 Å². The van der Waals surface area contributed by atoms with E-state index in [4.69, 9.17) is 0 Å². The SMILES string of the molecule is CCNC(=NCc1cccc(CS(=O)(=O)NC)c1)NC(C)c1ccccc1.I. The van der Waals surface area contributed by atoms with Crippen LogP contribution in [0.3, 0.4) is 0 Å². The fourth-order valence-corrected chi connectivity index (χ4v) is 3.39. The summed E-state index contributed by atoms with van der Waals surface area (Å²) in [5.41, 5.74) is 2.89. The molecule has 3 N–H and O–H groups in total. The van der Waals surface area contributed by atoms with Gasteiger partial charge < -0.3 is 10.6 Å². The maximum Gasteiger partial charge on any atom is 0.215 e. The zero-order valence-corrected chi connectivity index (χ0v) is 19.6. The van der Waals surface area contributed by atoms with Crippen molar-refractivity contribution in [3.05, 3.63) is 71.3 Å². The first-order chi connectivity index (χ1) is 12.9. The van der Waals surface area contributed by atoms with Gasteiger partial charge in [-0.05, 0) is 37.6 Å². The molecule has 2 aromatic rings. The molecule has 0 aliphatic heterocycles. The molecule has 1 atom stereocenters. The van der Waals surface area contributed by atoms with Crippen LogP contribution in [-0.4, -0.2) is 28.0 Å². The molecule has 0 fully saturated rings. The van der Waals surface area contributed by atoms with E-state index in [0.29, 0.717) is 6.54 Å². The average molecular weight is 516 g/mol. The standard InChI is InChI=1S/C20H28N4O2S.HI/c1-4-22-20(24-16(2)19-11-6-5-7-12-19)23-14-17-9-8-10-18(13-17)15-27(25,26)21-3;/h5-13,16,21H,4,14-15H2,1-3H3,(H2,22,23,24);1H. The van der Waals surface area contributed by atoms with Crippen LogP contribution in [0.1, 0.15) is 36.6 Å². The quantitative estimate of drug-likeness (QED) is 0.286. The van der Waals surface area contributed by atoms with Gasteiger partial charge in [0.1, 0.15) is 0 Å². The second-order valence-electron chi connectivity index (χ2n) is 6.26. The summed E-state index contributed by atoms with van der Waals surface area (Å²) in [7, 11) is -1.86. The number of benzene rings is 2. The molecule has 2 rings (SSSR count). The highest BCUT2D eigenvalue weighted by molar-refractivity contribution is 14.0. The highest BCUT2D eigenvalue weighted by Gasteiger charge is 2.09. The highest BCUT2D eigenvalue weighted by atomic mass is 127. The second kappa shape index (κ2) is 12.0. The van der Waals surface area contributed by atoms with Gasteiger partial charge in [0, 0.05) is 6.54 Å². The van der Waals surface area contributed by atoms with Crippen LogP contribution in [0.4, 0.5) is 0 Å². The van der Waals surface area contributed by atoms with Crippen LogP contribution in [0.25, 0.3) is 0 Å². The fourth-order valence-electron chi connectivity index (χ4n) is 2.63. The lowest BCUT2D eigenvalue weighted by Gasteiger charge is -2.18. The Morgan fingerprint density at radius 1 is 1.07 bits per heavy atom. The van der Waals surface area contributed by atoms with E-state index in [9.17, 15) is 8.42 Å². The van der Waals surface area contributed by atoms with Gasteiger partial charge in [-0.25, -0.2) is 18.1 Å². The molecule has 0 amide bonds. The number of sulfonamides is 1. The van der Waals surface area contributed by atoms with Gasteiger partial charge in [0.2, 0.25) is 10.0 Å². The molecule has 6 nitrogen and oxygen atoms in total. The lowest BCUT2D eigenvalue weighted by Crippen LogP contribution is -2.38. The first-order valence-electron chi connectivity index (χ1n) is 9.02. The van der Waals surface area contributed by atoms with Crippen LogP contribution in [0.15, 0.2) is 59.6 Å². The Morgan fingerprint density at radius 2 is 1.75 bits per heavy atom. The van der Waals surface area contributed by atoms with Gasteiger partial charge in [-0.1, -0.05) is 54.6 Å². The van der Waals surface area contributed by atoms with Gasteiger partial charge in [-0.2, -0.15) is 0 Å². The van der Waals surface area contributed by atoms with Crippen LogP contribution < -0.4 is 15.4 Å². The second-order valence-corrected chi connectivity index (χ2v) is 8.18. The number of nitrogens with zero attached hydrogens (tertiary/aromatic N) is 1. The number of hydrogen-bond acceptors (Lipinski definition) is 3. The summed E-state index contributed by atoms with van der Waals surface area (Å²) >= 11 is 0. The van der Waals surface area contributed by atoms with Crippen molar-refractivity contribution in [1.29, 1.82) is 0 Å². The topological polar surface area (TPSA) is 82.6 Å². The van der Waals surface area contributed by atoms with E-state index in [-0.39, 0.29) is 35.8 Å². The molecule has 1 unspecified atom stereocenters. The summed E-state index contributed by atoms with van der Waals surface area (Å²) in [4.78, 5) is 4.64. The van der Waals surface area contributed by atoms with E-state index in [1.165, 1.54) is 12.6 Å².